The second-order valence-corrected chi connectivity index (χ2v) is 5.51. The summed E-state index contributed by atoms with van der Waals surface area (Å²) >= 11 is 0. The normalized spacial score (nSPS) is 22.5. The van der Waals surface area contributed by atoms with Crippen LogP contribution in [0.1, 0.15) is 5.56 Å². The van der Waals surface area contributed by atoms with Crippen molar-refractivity contribution in [3.05, 3.63) is 33.9 Å². The van der Waals surface area contributed by atoms with Gasteiger partial charge in [0, 0.05) is 11.6 Å². The molecule has 0 spiro atoms. The highest BCUT2D eigenvalue weighted by atomic mass is 16.6. The Morgan fingerprint density at radius 3 is 2.60 bits per heavy atom. The van der Waals surface area contributed by atoms with Crippen LogP contribution in [-0.2, 0) is 0 Å². The van der Waals surface area contributed by atoms with Gasteiger partial charge in [0.25, 0.3) is 5.69 Å². The third kappa shape index (κ3) is 3.91. The summed E-state index contributed by atoms with van der Waals surface area (Å²) < 4.78 is 5.70. The molecule has 1 aliphatic heterocycles. The number of benzene rings is 1. The van der Waals surface area contributed by atoms with E-state index in [0.29, 0.717) is 17.9 Å². The van der Waals surface area contributed by atoms with Gasteiger partial charge < -0.3 is 14.5 Å². The Labute approximate surface area is 119 Å². The Kier molecular flexibility index (Phi) is 4.92. The lowest BCUT2D eigenvalue weighted by Gasteiger charge is -2.27. The highest BCUT2D eigenvalue weighted by molar-refractivity contribution is 5.44. The van der Waals surface area contributed by atoms with Gasteiger partial charge in [0.15, 0.2) is 0 Å². The lowest BCUT2D eigenvalue weighted by atomic mass is 10.2. The third-order valence-electron chi connectivity index (χ3n) is 3.90. The Bertz CT molecular complexity index is 471. The summed E-state index contributed by atoms with van der Waals surface area (Å²) in [6, 6.07) is 4.92. The fourth-order valence-corrected chi connectivity index (χ4v) is 2.52. The van der Waals surface area contributed by atoms with Crippen LogP contribution in [0.3, 0.4) is 0 Å². The molecule has 1 aromatic rings. The van der Waals surface area contributed by atoms with Crippen LogP contribution in [0.2, 0.25) is 0 Å². The van der Waals surface area contributed by atoms with E-state index in [-0.39, 0.29) is 10.6 Å². The lowest BCUT2D eigenvalue weighted by Crippen LogP contribution is -3.27. The number of quaternary nitrogens is 2. The van der Waals surface area contributed by atoms with E-state index < -0.39 is 0 Å². The molecular weight excluding hydrogens is 258 g/mol. The highest BCUT2D eigenvalue weighted by Gasteiger charge is 2.19. The largest absolute Gasteiger partial charge is 0.488 e. The smallest absolute Gasteiger partial charge is 0.272 e. The molecule has 0 aliphatic carbocycles. The van der Waals surface area contributed by atoms with Gasteiger partial charge in [-0.25, -0.2) is 0 Å². The molecule has 0 atom stereocenters. The van der Waals surface area contributed by atoms with Crippen molar-refractivity contribution >= 4 is 5.69 Å². The topological polar surface area (TPSA) is 61.2 Å². The molecule has 1 fully saturated rings. The summed E-state index contributed by atoms with van der Waals surface area (Å²) in [6.45, 7) is 8.19. The molecule has 0 aromatic heterocycles. The van der Waals surface area contributed by atoms with E-state index in [1.165, 1.54) is 32.2 Å². The zero-order valence-electron chi connectivity index (χ0n) is 12.1. The number of likely N-dealkylation sites (N-methyl/N-ethyl adjacent to an activating group) is 1. The van der Waals surface area contributed by atoms with Gasteiger partial charge in [-0.3, -0.25) is 10.1 Å². The lowest BCUT2D eigenvalue weighted by molar-refractivity contribution is -1.00. The second-order valence-electron chi connectivity index (χ2n) is 5.51. The number of nitrogens with one attached hydrogen (secondary N) is 2. The number of piperazine rings is 1. The molecule has 2 N–H and O–H groups in total. The first-order valence-electron chi connectivity index (χ1n) is 7.09. The van der Waals surface area contributed by atoms with E-state index in [1.807, 2.05) is 0 Å². The van der Waals surface area contributed by atoms with Gasteiger partial charge in [-0.1, -0.05) is 0 Å². The van der Waals surface area contributed by atoms with Crippen LogP contribution in [0.5, 0.6) is 5.75 Å². The molecule has 0 radical (unpaired) electrons. The number of nitro benzene ring substituents is 1. The van der Waals surface area contributed by atoms with Crippen LogP contribution in [0, 0.1) is 17.0 Å². The van der Waals surface area contributed by atoms with Crippen molar-refractivity contribution < 1.29 is 19.5 Å². The molecule has 110 valence electrons. The average Bonchev–Trinajstić information content (AvgIpc) is 2.41. The van der Waals surface area contributed by atoms with Crippen molar-refractivity contribution in [1.82, 2.24) is 0 Å². The van der Waals surface area contributed by atoms with Gasteiger partial charge in [0.2, 0.25) is 0 Å². The average molecular weight is 281 g/mol. The third-order valence-corrected chi connectivity index (χ3v) is 3.90. The van der Waals surface area contributed by atoms with Gasteiger partial charge in [0.1, 0.15) is 45.1 Å². The molecule has 0 bridgehead atoms. The number of hydrogen-bond acceptors (Lipinski definition) is 3. The fraction of sp³-hybridized carbons (Fsp3) is 0.571. The number of nitrogens with zero attached hydrogens (tertiary/aromatic N) is 1. The van der Waals surface area contributed by atoms with E-state index >= 15 is 0 Å². The number of rotatable bonds is 5. The molecule has 1 heterocycles. The maximum Gasteiger partial charge on any atom is 0.272 e. The number of ether oxygens (including phenoxy) is 1. The minimum Gasteiger partial charge on any atom is -0.488 e. The first-order chi connectivity index (χ1) is 9.56. The number of nitro groups is 1. The van der Waals surface area contributed by atoms with Crippen molar-refractivity contribution in [2.75, 3.05) is 46.4 Å². The Hall–Kier alpha value is -1.66. The Morgan fingerprint density at radius 2 is 2.00 bits per heavy atom. The molecule has 6 nitrogen and oxygen atoms in total. The summed E-state index contributed by atoms with van der Waals surface area (Å²) in [5.41, 5.74) is 0.785. The summed E-state index contributed by atoms with van der Waals surface area (Å²) in [5, 5.41) is 10.7. The van der Waals surface area contributed by atoms with Gasteiger partial charge in [-0.2, -0.15) is 0 Å². The van der Waals surface area contributed by atoms with E-state index in [9.17, 15) is 10.1 Å². The van der Waals surface area contributed by atoms with Crippen molar-refractivity contribution in [2.45, 2.75) is 6.92 Å². The fourth-order valence-electron chi connectivity index (χ4n) is 2.52. The quantitative estimate of drug-likeness (QED) is 0.521. The van der Waals surface area contributed by atoms with E-state index in [0.717, 1.165) is 6.54 Å². The highest BCUT2D eigenvalue weighted by Crippen LogP contribution is 2.22. The van der Waals surface area contributed by atoms with Gasteiger partial charge in [-0.05, 0) is 19.1 Å². The van der Waals surface area contributed by atoms with Crippen LogP contribution in [0.4, 0.5) is 5.69 Å². The van der Waals surface area contributed by atoms with E-state index in [4.69, 9.17) is 4.74 Å². The maximum atomic E-state index is 10.7. The van der Waals surface area contributed by atoms with Crippen molar-refractivity contribution in [3.8, 4) is 5.75 Å². The van der Waals surface area contributed by atoms with Crippen LogP contribution >= 0.6 is 0 Å². The van der Waals surface area contributed by atoms with Crippen LogP contribution in [-0.4, -0.2) is 51.3 Å². The SMILES string of the molecule is Cc1cc(OCC[NH+]2CC[NH+](C)CC2)ccc1[N+](=O)[O-]. The summed E-state index contributed by atoms with van der Waals surface area (Å²) in [6.07, 6.45) is 0. The van der Waals surface area contributed by atoms with Crippen LogP contribution < -0.4 is 14.5 Å². The number of aryl methyl sites for hydroxylation is 1. The molecule has 6 heteroatoms. The number of hydrogen-bond donors (Lipinski definition) is 2. The second kappa shape index (κ2) is 6.67. The molecule has 20 heavy (non-hydrogen) atoms. The first kappa shape index (κ1) is 14.7. The van der Waals surface area contributed by atoms with Crippen molar-refractivity contribution in [2.24, 2.45) is 0 Å². The molecule has 1 aliphatic rings. The Balaban J connectivity index is 1.79. The van der Waals surface area contributed by atoms with Crippen molar-refractivity contribution in [1.29, 1.82) is 0 Å². The summed E-state index contributed by atoms with van der Waals surface area (Å²) in [4.78, 5) is 13.6. The van der Waals surface area contributed by atoms with Crippen molar-refractivity contribution in [3.63, 3.8) is 0 Å². The molecular formula is C14H23N3O3+2. The summed E-state index contributed by atoms with van der Waals surface area (Å²) in [7, 11) is 2.23. The minimum absolute atomic E-state index is 0.144. The Morgan fingerprint density at radius 1 is 1.30 bits per heavy atom. The van der Waals surface area contributed by atoms with Crippen LogP contribution in [0.25, 0.3) is 0 Å². The molecule has 2 rings (SSSR count). The van der Waals surface area contributed by atoms with E-state index in [2.05, 4.69) is 7.05 Å². The monoisotopic (exact) mass is 281 g/mol. The zero-order valence-corrected chi connectivity index (χ0v) is 12.1. The van der Waals surface area contributed by atoms with Gasteiger partial charge >= 0.3 is 0 Å². The molecule has 0 saturated carbocycles. The molecule has 0 amide bonds. The first-order valence-corrected chi connectivity index (χ1v) is 7.09. The van der Waals surface area contributed by atoms with Crippen LogP contribution in [0.15, 0.2) is 18.2 Å². The maximum absolute atomic E-state index is 10.7. The summed E-state index contributed by atoms with van der Waals surface area (Å²) in [5.74, 6) is 0.715. The molecule has 1 aromatic carbocycles. The van der Waals surface area contributed by atoms with Gasteiger partial charge in [-0.15, -0.1) is 0 Å². The predicted octanol–water partition coefficient (Wildman–Crippen LogP) is -1.30. The van der Waals surface area contributed by atoms with E-state index in [1.54, 1.807) is 28.9 Å². The molecule has 0 unspecified atom stereocenters. The standard InChI is InChI=1S/C14H21N3O3/c1-12-11-13(3-4-14(12)17(18)19)20-10-9-16-7-5-15(2)6-8-16/h3-4,11H,5-10H2,1-2H3/p+2. The molecule has 1 saturated heterocycles. The minimum atomic E-state index is -0.365. The predicted molar refractivity (Wildman–Crippen MR) is 75.5 cm³/mol. The zero-order chi connectivity index (χ0) is 14.5. The van der Waals surface area contributed by atoms with Gasteiger partial charge in [0.05, 0.1) is 12.0 Å².